The second-order valence-electron chi connectivity index (χ2n) is 4.36. The lowest BCUT2D eigenvalue weighted by Crippen LogP contribution is -2.35. The van der Waals surface area contributed by atoms with Gasteiger partial charge in [0.2, 0.25) is 10.0 Å². The molecule has 0 aromatic carbocycles. The van der Waals surface area contributed by atoms with Gasteiger partial charge in [-0.2, -0.15) is 0 Å². The molecule has 0 aliphatic heterocycles. The Labute approximate surface area is 118 Å². The zero-order chi connectivity index (χ0) is 15.5. The third kappa shape index (κ3) is 3.21. The standard InChI is InChI=1S/C13H17NO5S/c1-5-7-10(6-2)14-20(17,18)12-9(4)19-8(3)11(12)13(15)16/h1,10,14H,6-7H2,2-4H3,(H,15,16). The van der Waals surface area contributed by atoms with Gasteiger partial charge in [0.25, 0.3) is 0 Å². The van der Waals surface area contributed by atoms with E-state index in [1.54, 1.807) is 6.92 Å². The van der Waals surface area contributed by atoms with Crippen LogP contribution in [0.25, 0.3) is 0 Å². The summed E-state index contributed by atoms with van der Waals surface area (Å²) in [6.07, 6.45) is 5.91. The number of carboxylic acids is 1. The zero-order valence-corrected chi connectivity index (χ0v) is 12.4. The van der Waals surface area contributed by atoms with E-state index in [1.807, 2.05) is 0 Å². The summed E-state index contributed by atoms with van der Waals surface area (Å²) in [6, 6.07) is -0.443. The number of hydrogen-bond acceptors (Lipinski definition) is 4. The molecule has 1 rings (SSSR count). The number of carbonyl (C=O) groups is 1. The molecule has 0 aliphatic rings. The number of furan rings is 1. The van der Waals surface area contributed by atoms with Crippen molar-refractivity contribution in [3.63, 3.8) is 0 Å². The van der Waals surface area contributed by atoms with Crippen LogP contribution in [0.15, 0.2) is 9.31 Å². The average Bonchev–Trinajstić information content (AvgIpc) is 2.64. The van der Waals surface area contributed by atoms with Crippen LogP contribution >= 0.6 is 0 Å². The predicted octanol–water partition coefficient (Wildman–Crippen LogP) is 1.67. The molecule has 0 radical (unpaired) electrons. The molecule has 0 bridgehead atoms. The van der Waals surface area contributed by atoms with Gasteiger partial charge in [-0.05, 0) is 20.3 Å². The van der Waals surface area contributed by atoms with E-state index in [0.29, 0.717) is 6.42 Å². The van der Waals surface area contributed by atoms with E-state index in [1.165, 1.54) is 13.8 Å². The molecule has 1 aromatic heterocycles. The van der Waals surface area contributed by atoms with Crippen molar-refractivity contribution in [3.8, 4) is 12.3 Å². The van der Waals surface area contributed by atoms with Gasteiger partial charge < -0.3 is 9.52 Å². The molecule has 0 aliphatic carbocycles. The third-order valence-electron chi connectivity index (χ3n) is 2.87. The molecule has 1 atom stereocenters. The van der Waals surface area contributed by atoms with E-state index < -0.39 is 22.0 Å². The van der Waals surface area contributed by atoms with Crippen molar-refractivity contribution < 1.29 is 22.7 Å². The van der Waals surface area contributed by atoms with E-state index in [2.05, 4.69) is 10.6 Å². The van der Waals surface area contributed by atoms with Crippen molar-refractivity contribution in [1.29, 1.82) is 0 Å². The fourth-order valence-corrected chi connectivity index (χ4v) is 3.65. The van der Waals surface area contributed by atoms with Gasteiger partial charge in [0, 0.05) is 12.5 Å². The van der Waals surface area contributed by atoms with Crippen LogP contribution in [0, 0.1) is 26.2 Å². The lowest BCUT2D eigenvalue weighted by atomic mass is 10.2. The quantitative estimate of drug-likeness (QED) is 0.779. The van der Waals surface area contributed by atoms with Crippen LogP contribution < -0.4 is 4.72 Å². The molecule has 1 unspecified atom stereocenters. The molecular formula is C13H17NO5S. The van der Waals surface area contributed by atoms with Crippen LogP contribution in [0.3, 0.4) is 0 Å². The first-order valence-electron chi connectivity index (χ1n) is 6.03. The monoisotopic (exact) mass is 299 g/mol. The Morgan fingerprint density at radius 3 is 2.50 bits per heavy atom. The smallest absolute Gasteiger partial charge is 0.340 e. The number of terminal acetylenes is 1. The summed E-state index contributed by atoms with van der Waals surface area (Å²) in [5.74, 6) is 1.14. The molecule has 0 saturated carbocycles. The van der Waals surface area contributed by atoms with Crippen molar-refractivity contribution in [2.45, 2.75) is 44.6 Å². The van der Waals surface area contributed by atoms with E-state index >= 15 is 0 Å². The first-order valence-corrected chi connectivity index (χ1v) is 7.52. The van der Waals surface area contributed by atoms with E-state index in [4.69, 9.17) is 15.9 Å². The first kappa shape index (κ1) is 16.3. The molecule has 0 amide bonds. The molecule has 0 fully saturated rings. The maximum Gasteiger partial charge on any atom is 0.340 e. The Hall–Kier alpha value is -1.78. The lowest BCUT2D eigenvalue weighted by molar-refractivity contribution is 0.0691. The summed E-state index contributed by atoms with van der Waals surface area (Å²) in [6.45, 7) is 4.61. The Bertz CT molecular complexity index is 651. The van der Waals surface area contributed by atoms with Crippen molar-refractivity contribution >= 4 is 16.0 Å². The zero-order valence-electron chi connectivity index (χ0n) is 11.6. The summed E-state index contributed by atoms with van der Waals surface area (Å²) in [7, 11) is -4.00. The highest BCUT2D eigenvalue weighted by Crippen LogP contribution is 2.26. The van der Waals surface area contributed by atoms with Crippen LogP contribution in [0.2, 0.25) is 0 Å². The minimum Gasteiger partial charge on any atom is -0.478 e. The third-order valence-corrected chi connectivity index (χ3v) is 4.54. The maximum absolute atomic E-state index is 12.3. The summed E-state index contributed by atoms with van der Waals surface area (Å²) in [4.78, 5) is 10.9. The van der Waals surface area contributed by atoms with Crippen LogP contribution in [-0.2, 0) is 10.0 Å². The summed E-state index contributed by atoms with van der Waals surface area (Å²) < 4.78 is 32.2. The topological polar surface area (TPSA) is 96.6 Å². The van der Waals surface area contributed by atoms with Crippen molar-refractivity contribution in [2.75, 3.05) is 0 Å². The molecule has 1 aromatic rings. The fraction of sp³-hybridized carbons (Fsp3) is 0.462. The summed E-state index contributed by atoms with van der Waals surface area (Å²) >= 11 is 0. The molecule has 0 saturated heterocycles. The molecule has 0 spiro atoms. The molecule has 1 heterocycles. The normalized spacial score (nSPS) is 12.9. The Morgan fingerprint density at radius 2 is 2.05 bits per heavy atom. The number of sulfonamides is 1. The summed E-state index contributed by atoms with van der Waals surface area (Å²) in [5.41, 5.74) is -0.342. The Balaban J connectivity index is 3.30. The average molecular weight is 299 g/mol. The highest BCUT2D eigenvalue weighted by molar-refractivity contribution is 7.89. The molecular weight excluding hydrogens is 282 g/mol. The number of nitrogens with one attached hydrogen (secondary N) is 1. The number of aromatic carboxylic acids is 1. The van der Waals surface area contributed by atoms with E-state index in [-0.39, 0.29) is 28.4 Å². The minimum absolute atomic E-state index is 0.0444. The molecule has 20 heavy (non-hydrogen) atoms. The largest absolute Gasteiger partial charge is 0.478 e. The highest BCUT2D eigenvalue weighted by Gasteiger charge is 2.31. The Morgan fingerprint density at radius 1 is 1.45 bits per heavy atom. The summed E-state index contributed by atoms with van der Waals surface area (Å²) in [5, 5.41) is 9.13. The van der Waals surface area contributed by atoms with Crippen molar-refractivity contribution in [3.05, 3.63) is 17.1 Å². The number of hydrogen-bond donors (Lipinski definition) is 2. The van der Waals surface area contributed by atoms with Gasteiger partial charge in [0.15, 0.2) is 0 Å². The molecule has 6 nitrogen and oxygen atoms in total. The van der Waals surface area contributed by atoms with Gasteiger partial charge in [-0.15, -0.1) is 12.3 Å². The lowest BCUT2D eigenvalue weighted by Gasteiger charge is -2.14. The van der Waals surface area contributed by atoms with Crippen LogP contribution in [-0.4, -0.2) is 25.5 Å². The maximum atomic E-state index is 12.3. The van der Waals surface area contributed by atoms with Gasteiger partial charge in [0.05, 0.1) is 0 Å². The van der Waals surface area contributed by atoms with E-state index in [9.17, 15) is 13.2 Å². The first-order chi connectivity index (χ1) is 9.24. The number of rotatable bonds is 6. The van der Waals surface area contributed by atoms with Gasteiger partial charge in [-0.3, -0.25) is 0 Å². The SMILES string of the molecule is C#CCC(CC)NS(=O)(=O)c1c(C)oc(C)c1C(=O)O. The predicted molar refractivity (Wildman–Crippen MR) is 73.0 cm³/mol. The van der Waals surface area contributed by atoms with Gasteiger partial charge in [-0.1, -0.05) is 6.92 Å². The van der Waals surface area contributed by atoms with Gasteiger partial charge >= 0.3 is 5.97 Å². The molecule has 110 valence electrons. The highest BCUT2D eigenvalue weighted by atomic mass is 32.2. The van der Waals surface area contributed by atoms with Crippen LogP contribution in [0.1, 0.15) is 41.6 Å². The second kappa shape index (κ2) is 6.11. The van der Waals surface area contributed by atoms with Gasteiger partial charge in [0.1, 0.15) is 22.0 Å². The minimum atomic E-state index is -4.00. The second-order valence-corrected chi connectivity index (χ2v) is 6.01. The fourth-order valence-electron chi connectivity index (χ4n) is 1.92. The van der Waals surface area contributed by atoms with Crippen LogP contribution in [0.5, 0.6) is 0 Å². The number of aryl methyl sites for hydroxylation is 2. The van der Waals surface area contributed by atoms with Gasteiger partial charge in [-0.25, -0.2) is 17.9 Å². The van der Waals surface area contributed by atoms with Crippen molar-refractivity contribution in [2.24, 2.45) is 0 Å². The molecule has 2 N–H and O–H groups in total. The van der Waals surface area contributed by atoms with Crippen molar-refractivity contribution in [1.82, 2.24) is 4.72 Å². The number of carboxylic acid groups (broad SMARTS) is 1. The Kier molecular flexibility index (Phi) is 4.98. The van der Waals surface area contributed by atoms with Crippen LogP contribution in [0.4, 0.5) is 0 Å². The molecule has 7 heteroatoms. The van der Waals surface area contributed by atoms with E-state index in [0.717, 1.165) is 0 Å².